The highest BCUT2D eigenvalue weighted by Crippen LogP contribution is 2.35. The summed E-state index contributed by atoms with van der Waals surface area (Å²) >= 11 is 7.32. The van der Waals surface area contributed by atoms with Gasteiger partial charge in [-0.05, 0) is 23.8 Å². The molecule has 74 valence electrons. The molecular weight excluding hydrogens is 220 g/mol. The van der Waals surface area contributed by atoms with E-state index in [1.807, 2.05) is 6.07 Å². The molecular formula is C10H9ClO2S. The quantitative estimate of drug-likeness (QED) is 0.854. The summed E-state index contributed by atoms with van der Waals surface area (Å²) in [5.41, 5.74) is 0.955. The van der Waals surface area contributed by atoms with Gasteiger partial charge in [-0.1, -0.05) is 11.6 Å². The first kappa shape index (κ1) is 9.77. The van der Waals surface area contributed by atoms with Crippen LogP contribution in [0.2, 0.25) is 4.34 Å². The van der Waals surface area contributed by atoms with E-state index in [1.165, 1.54) is 11.3 Å². The number of halogens is 1. The van der Waals surface area contributed by atoms with E-state index in [2.05, 4.69) is 0 Å². The second-order valence-electron chi connectivity index (χ2n) is 3.01. The van der Waals surface area contributed by atoms with Gasteiger partial charge >= 0.3 is 0 Å². The Balaban J connectivity index is 2.59. The lowest BCUT2D eigenvalue weighted by Gasteiger charge is -2.01. The lowest BCUT2D eigenvalue weighted by molar-refractivity contribution is 0.185. The third kappa shape index (κ3) is 1.71. The van der Waals surface area contributed by atoms with E-state index in [1.54, 1.807) is 19.2 Å². The highest BCUT2D eigenvalue weighted by atomic mass is 35.5. The van der Waals surface area contributed by atoms with Gasteiger partial charge in [0.05, 0.1) is 10.9 Å². The molecule has 1 heterocycles. The summed E-state index contributed by atoms with van der Waals surface area (Å²) in [5.74, 6) is 0.262. The monoisotopic (exact) mass is 228 g/mol. The van der Waals surface area contributed by atoms with Crippen LogP contribution in [0.15, 0.2) is 18.2 Å². The van der Waals surface area contributed by atoms with Crippen LogP contribution in [-0.4, -0.2) is 12.2 Å². The molecule has 1 N–H and O–H groups in total. The molecule has 0 atom stereocenters. The summed E-state index contributed by atoms with van der Waals surface area (Å²) in [5, 5.41) is 10.5. The van der Waals surface area contributed by atoms with Crippen molar-refractivity contribution in [1.29, 1.82) is 0 Å². The maximum atomic E-state index is 9.68. The summed E-state index contributed by atoms with van der Waals surface area (Å²) in [4.78, 5) is 0. The molecule has 0 fully saturated rings. The fourth-order valence-electron chi connectivity index (χ4n) is 1.39. The molecule has 0 spiro atoms. The van der Waals surface area contributed by atoms with Gasteiger partial charge in [-0.15, -0.1) is 11.3 Å². The van der Waals surface area contributed by atoms with Crippen molar-refractivity contribution >= 4 is 33.0 Å². The van der Waals surface area contributed by atoms with Crippen molar-refractivity contribution in [3.8, 4) is 5.75 Å². The standard InChI is InChI=1S/C10H9ClO2S/c1-13-5-6-2-8(12)7-4-10(11)14-9(7)3-6/h2-4,12H,5H2,1H3. The zero-order valence-corrected chi connectivity index (χ0v) is 9.15. The molecule has 14 heavy (non-hydrogen) atoms. The number of thiophene rings is 1. The number of ether oxygens (including phenoxy) is 1. The maximum absolute atomic E-state index is 9.68. The van der Waals surface area contributed by atoms with E-state index in [9.17, 15) is 5.11 Å². The van der Waals surface area contributed by atoms with Gasteiger partial charge in [0.1, 0.15) is 5.75 Å². The van der Waals surface area contributed by atoms with Gasteiger partial charge in [0.2, 0.25) is 0 Å². The number of aromatic hydroxyl groups is 1. The van der Waals surface area contributed by atoms with Gasteiger partial charge < -0.3 is 9.84 Å². The molecule has 0 saturated heterocycles. The predicted molar refractivity (Wildman–Crippen MR) is 59.2 cm³/mol. The Morgan fingerprint density at radius 2 is 2.21 bits per heavy atom. The third-order valence-electron chi connectivity index (χ3n) is 1.96. The Morgan fingerprint density at radius 3 is 2.93 bits per heavy atom. The van der Waals surface area contributed by atoms with Crippen molar-refractivity contribution in [3.05, 3.63) is 28.1 Å². The second kappa shape index (κ2) is 3.77. The van der Waals surface area contributed by atoms with Crippen LogP contribution in [0.1, 0.15) is 5.56 Å². The Kier molecular flexibility index (Phi) is 2.63. The lowest BCUT2D eigenvalue weighted by atomic mass is 10.1. The zero-order valence-electron chi connectivity index (χ0n) is 7.58. The van der Waals surface area contributed by atoms with E-state index >= 15 is 0 Å². The first-order valence-corrected chi connectivity index (χ1v) is 5.30. The molecule has 2 aromatic rings. The van der Waals surface area contributed by atoms with Gasteiger partial charge in [0, 0.05) is 17.2 Å². The minimum atomic E-state index is 0.262. The molecule has 0 radical (unpaired) electrons. The van der Waals surface area contributed by atoms with Crippen LogP contribution in [0.4, 0.5) is 0 Å². The second-order valence-corrected chi connectivity index (χ2v) is 4.73. The lowest BCUT2D eigenvalue weighted by Crippen LogP contribution is -1.86. The number of hydrogen-bond acceptors (Lipinski definition) is 3. The average molecular weight is 229 g/mol. The molecule has 0 amide bonds. The Morgan fingerprint density at radius 1 is 1.43 bits per heavy atom. The maximum Gasteiger partial charge on any atom is 0.124 e. The predicted octanol–water partition coefficient (Wildman–Crippen LogP) is 3.41. The van der Waals surface area contributed by atoms with Crippen LogP contribution in [0.3, 0.4) is 0 Å². The van der Waals surface area contributed by atoms with Gasteiger partial charge in [0.15, 0.2) is 0 Å². The van der Waals surface area contributed by atoms with Gasteiger partial charge in [-0.3, -0.25) is 0 Å². The Bertz CT molecular complexity index is 464. The number of phenolic OH excluding ortho intramolecular Hbond substituents is 1. The minimum absolute atomic E-state index is 0.262. The van der Waals surface area contributed by atoms with Crippen molar-refractivity contribution in [2.24, 2.45) is 0 Å². The van der Waals surface area contributed by atoms with E-state index in [4.69, 9.17) is 16.3 Å². The largest absolute Gasteiger partial charge is 0.507 e. The van der Waals surface area contributed by atoms with Crippen molar-refractivity contribution in [2.45, 2.75) is 6.61 Å². The molecule has 0 unspecified atom stereocenters. The van der Waals surface area contributed by atoms with Gasteiger partial charge in [-0.2, -0.15) is 0 Å². The van der Waals surface area contributed by atoms with Crippen LogP contribution >= 0.6 is 22.9 Å². The normalized spacial score (nSPS) is 11.0. The molecule has 0 aliphatic heterocycles. The summed E-state index contributed by atoms with van der Waals surface area (Å²) in [6, 6.07) is 5.46. The highest BCUT2D eigenvalue weighted by Gasteiger charge is 2.06. The molecule has 2 nitrogen and oxygen atoms in total. The fourth-order valence-corrected chi connectivity index (χ4v) is 2.62. The molecule has 0 aliphatic carbocycles. The Hall–Kier alpha value is -0.770. The van der Waals surface area contributed by atoms with Crippen molar-refractivity contribution in [1.82, 2.24) is 0 Å². The summed E-state index contributed by atoms with van der Waals surface area (Å²) < 4.78 is 6.67. The molecule has 2 rings (SSSR count). The van der Waals surface area contributed by atoms with Crippen molar-refractivity contribution in [2.75, 3.05) is 7.11 Å². The summed E-state index contributed by atoms with van der Waals surface area (Å²) in [6.07, 6.45) is 0. The van der Waals surface area contributed by atoms with Crippen molar-refractivity contribution in [3.63, 3.8) is 0 Å². The summed E-state index contributed by atoms with van der Waals surface area (Å²) in [7, 11) is 1.63. The topological polar surface area (TPSA) is 29.5 Å². The van der Waals surface area contributed by atoms with E-state index in [-0.39, 0.29) is 5.75 Å². The van der Waals surface area contributed by atoms with Crippen LogP contribution in [-0.2, 0) is 11.3 Å². The number of hydrogen-bond donors (Lipinski definition) is 1. The molecule has 0 aliphatic rings. The zero-order chi connectivity index (χ0) is 10.1. The van der Waals surface area contributed by atoms with Crippen LogP contribution in [0.25, 0.3) is 10.1 Å². The molecule has 0 bridgehead atoms. The first-order valence-electron chi connectivity index (χ1n) is 4.10. The number of methoxy groups -OCH3 is 1. The SMILES string of the molecule is COCc1cc(O)c2cc(Cl)sc2c1. The number of fused-ring (bicyclic) bond motifs is 1. The van der Waals surface area contributed by atoms with E-state index in [0.717, 1.165) is 15.6 Å². The molecule has 1 aromatic carbocycles. The first-order chi connectivity index (χ1) is 6.70. The molecule has 1 aromatic heterocycles. The van der Waals surface area contributed by atoms with Crippen LogP contribution in [0.5, 0.6) is 5.75 Å². The number of phenols is 1. The smallest absolute Gasteiger partial charge is 0.124 e. The van der Waals surface area contributed by atoms with Gasteiger partial charge in [0.25, 0.3) is 0 Å². The van der Waals surface area contributed by atoms with Crippen LogP contribution in [0, 0.1) is 0 Å². The van der Waals surface area contributed by atoms with Crippen LogP contribution < -0.4 is 0 Å². The van der Waals surface area contributed by atoms with E-state index < -0.39 is 0 Å². The fraction of sp³-hybridized carbons (Fsp3) is 0.200. The summed E-state index contributed by atoms with van der Waals surface area (Å²) in [6.45, 7) is 0.499. The number of rotatable bonds is 2. The van der Waals surface area contributed by atoms with Crippen molar-refractivity contribution < 1.29 is 9.84 Å². The molecule has 0 saturated carbocycles. The third-order valence-corrected chi connectivity index (χ3v) is 3.17. The van der Waals surface area contributed by atoms with E-state index in [0.29, 0.717) is 10.9 Å². The average Bonchev–Trinajstić information content (AvgIpc) is 2.47. The van der Waals surface area contributed by atoms with Gasteiger partial charge in [-0.25, -0.2) is 0 Å². The molecule has 4 heteroatoms. The Labute approximate surface area is 90.7 Å². The minimum Gasteiger partial charge on any atom is -0.507 e. The highest BCUT2D eigenvalue weighted by molar-refractivity contribution is 7.22. The number of benzene rings is 1.